The maximum absolute atomic E-state index is 4.36. The SMILES string of the molecule is Cc1ccsc1CN(C)c1ccc2nnnn2n1. The molecule has 0 amide bonds. The first-order valence-electron chi connectivity index (χ1n) is 5.53. The van der Waals surface area contributed by atoms with Crippen LogP contribution < -0.4 is 4.90 Å². The van der Waals surface area contributed by atoms with Gasteiger partial charge >= 0.3 is 0 Å². The van der Waals surface area contributed by atoms with E-state index in [0.717, 1.165) is 12.4 Å². The minimum absolute atomic E-state index is 0.652. The molecule has 3 aromatic rings. The summed E-state index contributed by atoms with van der Waals surface area (Å²) in [6.07, 6.45) is 0. The Morgan fingerprint density at radius 3 is 3.00 bits per heavy atom. The van der Waals surface area contributed by atoms with Crippen LogP contribution in [0.5, 0.6) is 0 Å². The molecule has 0 fully saturated rings. The third kappa shape index (κ3) is 1.92. The highest BCUT2D eigenvalue weighted by Gasteiger charge is 2.08. The summed E-state index contributed by atoms with van der Waals surface area (Å²) in [5.41, 5.74) is 1.97. The molecular weight excluding hydrogens is 248 g/mol. The number of fused-ring (bicyclic) bond motifs is 1. The zero-order valence-electron chi connectivity index (χ0n) is 10.1. The lowest BCUT2D eigenvalue weighted by Crippen LogP contribution is -2.18. The molecule has 3 heterocycles. The standard InChI is InChI=1S/C11H12N6S/c1-8-5-6-18-9(8)7-16(2)11-4-3-10-12-14-15-17(10)13-11/h3-6H,7H2,1-2H3. The number of hydrogen-bond donors (Lipinski definition) is 0. The number of aromatic nitrogens is 5. The number of anilines is 1. The fourth-order valence-corrected chi connectivity index (χ4v) is 2.66. The third-order valence-corrected chi connectivity index (χ3v) is 3.80. The lowest BCUT2D eigenvalue weighted by atomic mass is 10.3. The Morgan fingerprint density at radius 1 is 1.33 bits per heavy atom. The molecule has 0 aliphatic rings. The van der Waals surface area contributed by atoms with Crippen LogP contribution in [0.25, 0.3) is 5.65 Å². The lowest BCUT2D eigenvalue weighted by molar-refractivity contribution is 0.721. The molecule has 0 aliphatic heterocycles. The van der Waals surface area contributed by atoms with Crippen LogP contribution in [-0.2, 0) is 6.54 Å². The highest BCUT2D eigenvalue weighted by molar-refractivity contribution is 7.10. The van der Waals surface area contributed by atoms with Gasteiger partial charge in [-0.25, -0.2) is 0 Å². The number of thiophene rings is 1. The van der Waals surface area contributed by atoms with Gasteiger partial charge in [0.15, 0.2) is 11.5 Å². The highest BCUT2D eigenvalue weighted by Crippen LogP contribution is 2.19. The Labute approximate surface area is 108 Å². The number of nitrogens with zero attached hydrogens (tertiary/aromatic N) is 6. The summed E-state index contributed by atoms with van der Waals surface area (Å²) in [6, 6.07) is 5.92. The van der Waals surface area contributed by atoms with Gasteiger partial charge in [-0.2, -0.15) is 0 Å². The fraction of sp³-hybridized carbons (Fsp3) is 0.273. The summed E-state index contributed by atoms with van der Waals surface area (Å²) in [4.78, 5) is 3.43. The number of hydrogen-bond acceptors (Lipinski definition) is 6. The van der Waals surface area contributed by atoms with E-state index in [2.05, 4.69) is 43.9 Å². The van der Waals surface area contributed by atoms with Crippen LogP contribution >= 0.6 is 11.3 Å². The van der Waals surface area contributed by atoms with Crippen molar-refractivity contribution in [2.45, 2.75) is 13.5 Å². The second kappa shape index (κ2) is 4.34. The van der Waals surface area contributed by atoms with Gasteiger partial charge in [-0.1, -0.05) is 0 Å². The van der Waals surface area contributed by atoms with Crippen molar-refractivity contribution in [3.8, 4) is 0 Å². The first-order chi connectivity index (χ1) is 8.74. The van der Waals surface area contributed by atoms with E-state index in [1.165, 1.54) is 15.1 Å². The van der Waals surface area contributed by atoms with Crippen molar-refractivity contribution < 1.29 is 0 Å². The van der Waals surface area contributed by atoms with Gasteiger partial charge in [0.25, 0.3) is 0 Å². The lowest BCUT2D eigenvalue weighted by Gasteiger charge is -2.17. The minimum atomic E-state index is 0.652. The van der Waals surface area contributed by atoms with E-state index in [9.17, 15) is 0 Å². The molecule has 3 rings (SSSR count). The largest absolute Gasteiger partial charge is 0.353 e. The molecule has 6 nitrogen and oxygen atoms in total. The first kappa shape index (κ1) is 11.1. The van der Waals surface area contributed by atoms with Crippen molar-refractivity contribution in [1.29, 1.82) is 0 Å². The van der Waals surface area contributed by atoms with Crippen LogP contribution in [0.2, 0.25) is 0 Å². The predicted octanol–water partition coefficient (Wildman–Crippen LogP) is 1.53. The Balaban J connectivity index is 1.87. The molecule has 0 bridgehead atoms. The van der Waals surface area contributed by atoms with E-state index in [0.29, 0.717) is 5.65 Å². The van der Waals surface area contributed by atoms with E-state index in [4.69, 9.17) is 0 Å². The predicted molar refractivity (Wildman–Crippen MR) is 69.7 cm³/mol. The van der Waals surface area contributed by atoms with Crippen molar-refractivity contribution in [2.24, 2.45) is 0 Å². The molecule has 0 saturated carbocycles. The topological polar surface area (TPSA) is 59.2 Å². The molecule has 18 heavy (non-hydrogen) atoms. The Morgan fingerprint density at radius 2 is 2.22 bits per heavy atom. The second-order valence-corrected chi connectivity index (χ2v) is 5.10. The van der Waals surface area contributed by atoms with E-state index < -0.39 is 0 Å². The zero-order valence-corrected chi connectivity index (χ0v) is 10.9. The third-order valence-electron chi connectivity index (χ3n) is 2.80. The molecule has 0 aromatic carbocycles. The van der Waals surface area contributed by atoms with Crippen molar-refractivity contribution >= 4 is 22.8 Å². The van der Waals surface area contributed by atoms with Crippen molar-refractivity contribution in [2.75, 3.05) is 11.9 Å². The van der Waals surface area contributed by atoms with Crippen molar-refractivity contribution in [1.82, 2.24) is 25.3 Å². The van der Waals surface area contributed by atoms with E-state index in [-0.39, 0.29) is 0 Å². The molecule has 0 radical (unpaired) electrons. The quantitative estimate of drug-likeness (QED) is 0.714. The molecular formula is C11H12N6S. The molecule has 0 atom stereocenters. The van der Waals surface area contributed by atoms with Crippen LogP contribution in [-0.4, -0.2) is 32.3 Å². The van der Waals surface area contributed by atoms with Crippen LogP contribution in [0.3, 0.4) is 0 Å². The number of rotatable bonds is 3. The van der Waals surface area contributed by atoms with Gasteiger partial charge in [-0.15, -0.1) is 26.2 Å². The van der Waals surface area contributed by atoms with Gasteiger partial charge in [0.1, 0.15) is 0 Å². The van der Waals surface area contributed by atoms with Crippen LogP contribution in [0.1, 0.15) is 10.4 Å². The summed E-state index contributed by atoms with van der Waals surface area (Å²) in [5.74, 6) is 0.850. The molecule has 0 aliphatic carbocycles. The summed E-state index contributed by atoms with van der Waals surface area (Å²) < 4.78 is 1.44. The number of aryl methyl sites for hydroxylation is 1. The van der Waals surface area contributed by atoms with Gasteiger partial charge in [-0.3, -0.25) is 0 Å². The van der Waals surface area contributed by atoms with Crippen molar-refractivity contribution in [3.63, 3.8) is 0 Å². The zero-order chi connectivity index (χ0) is 12.5. The van der Waals surface area contributed by atoms with Gasteiger partial charge in [0.2, 0.25) is 0 Å². The van der Waals surface area contributed by atoms with Crippen LogP contribution in [0.4, 0.5) is 5.82 Å². The van der Waals surface area contributed by atoms with Crippen LogP contribution in [0.15, 0.2) is 23.6 Å². The summed E-state index contributed by atoms with van der Waals surface area (Å²) in [6.45, 7) is 2.96. The fourth-order valence-electron chi connectivity index (χ4n) is 1.71. The molecule has 0 spiro atoms. The second-order valence-electron chi connectivity index (χ2n) is 4.10. The van der Waals surface area contributed by atoms with Gasteiger partial charge in [-0.05, 0) is 46.5 Å². The monoisotopic (exact) mass is 260 g/mol. The van der Waals surface area contributed by atoms with Crippen molar-refractivity contribution in [3.05, 3.63) is 34.0 Å². The van der Waals surface area contributed by atoms with Crippen LogP contribution in [0, 0.1) is 6.92 Å². The average Bonchev–Trinajstić information content (AvgIpc) is 2.98. The normalized spacial score (nSPS) is 11.0. The van der Waals surface area contributed by atoms with E-state index >= 15 is 0 Å². The molecule has 0 unspecified atom stereocenters. The Kier molecular flexibility index (Phi) is 2.67. The number of tetrazole rings is 1. The summed E-state index contributed by atoms with van der Waals surface area (Å²) in [5, 5.41) is 17.7. The molecule has 3 aromatic heterocycles. The molecule has 7 heteroatoms. The summed E-state index contributed by atoms with van der Waals surface area (Å²) >= 11 is 1.76. The Hall–Kier alpha value is -2.02. The first-order valence-corrected chi connectivity index (χ1v) is 6.41. The highest BCUT2D eigenvalue weighted by atomic mass is 32.1. The summed E-state index contributed by atoms with van der Waals surface area (Å²) in [7, 11) is 2.01. The molecule has 92 valence electrons. The minimum Gasteiger partial charge on any atom is -0.353 e. The molecule has 0 saturated heterocycles. The molecule has 0 N–H and O–H groups in total. The maximum Gasteiger partial charge on any atom is 0.200 e. The van der Waals surface area contributed by atoms with E-state index in [1.807, 2.05) is 19.2 Å². The maximum atomic E-state index is 4.36. The van der Waals surface area contributed by atoms with Gasteiger partial charge in [0.05, 0.1) is 6.54 Å². The average molecular weight is 260 g/mol. The van der Waals surface area contributed by atoms with Gasteiger partial charge in [0, 0.05) is 11.9 Å². The van der Waals surface area contributed by atoms with Gasteiger partial charge < -0.3 is 4.90 Å². The van der Waals surface area contributed by atoms with E-state index in [1.54, 1.807) is 11.3 Å². The smallest absolute Gasteiger partial charge is 0.200 e. The Bertz CT molecular complexity index is 673.